The number of anilines is 1. The molecule has 3 aliphatic heterocycles. The van der Waals surface area contributed by atoms with E-state index < -0.39 is 6.36 Å². The van der Waals surface area contributed by atoms with Gasteiger partial charge in [-0.05, 0) is 56.9 Å². The van der Waals surface area contributed by atoms with Crippen molar-refractivity contribution in [2.75, 3.05) is 44.3 Å². The summed E-state index contributed by atoms with van der Waals surface area (Å²) in [6.45, 7) is 7.48. The van der Waals surface area contributed by atoms with Crippen LogP contribution >= 0.6 is 0 Å². The van der Waals surface area contributed by atoms with Gasteiger partial charge in [0.05, 0.1) is 17.9 Å². The molecule has 0 spiro atoms. The summed E-state index contributed by atoms with van der Waals surface area (Å²) in [5.41, 5.74) is 1.61. The summed E-state index contributed by atoms with van der Waals surface area (Å²) in [5.74, 6) is 0.631. The van der Waals surface area contributed by atoms with Crippen LogP contribution in [0.4, 0.5) is 19.0 Å². The summed E-state index contributed by atoms with van der Waals surface area (Å²) >= 11 is 0. The minimum atomic E-state index is -4.70. The number of nitrogens with zero attached hydrogens (tertiary/aromatic N) is 4. The molecule has 0 amide bonds. The first-order valence-corrected chi connectivity index (χ1v) is 12.0. The number of piperidine rings is 1. The van der Waals surface area contributed by atoms with E-state index in [4.69, 9.17) is 14.6 Å². The fraction of sp³-hybridized carbons (Fsp3) is 0.625. The molecule has 7 nitrogen and oxygen atoms in total. The average Bonchev–Trinajstić information content (AvgIpc) is 3.18. The minimum absolute atomic E-state index is 0.245. The Balaban J connectivity index is 1.11. The van der Waals surface area contributed by atoms with Gasteiger partial charge in [-0.15, -0.1) is 13.2 Å². The van der Waals surface area contributed by atoms with Crippen LogP contribution in [-0.4, -0.2) is 78.7 Å². The molecule has 2 aromatic rings. The lowest BCUT2D eigenvalue weighted by Crippen LogP contribution is -2.58. The van der Waals surface area contributed by atoms with E-state index in [1.165, 1.54) is 12.1 Å². The Hall–Kier alpha value is -2.30. The second-order valence-electron chi connectivity index (χ2n) is 9.34. The number of alkyl halides is 3. The molecule has 0 bridgehead atoms. The lowest BCUT2D eigenvalue weighted by atomic mass is 10.0. The lowest BCUT2D eigenvalue weighted by Gasteiger charge is -2.47. The lowest BCUT2D eigenvalue weighted by molar-refractivity contribution is -0.274. The quantitative estimate of drug-likeness (QED) is 0.625. The molecule has 0 radical (unpaired) electrons. The smallest absolute Gasteiger partial charge is 0.406 e. The second kappa shape index (κ2) is 9.75. The normalized spacial score (nSPS) is 21.6. The molecule has 1 aromatic heterocycles. The van der Waals surface area contributed by atoms with E-state index in [-0.39, 0.29) is 11.9 Å². The van der Waals surface area contributed by atoms with Gasteiger partial charge < -0.3 is 19.1 Å². The standard InChI is InChI=1S/C24H31F3N4O3/c1-17-14-23(28-31(17)19-2-4-21(5-3-19)34-24(25,26)27)29-10-6-20(7-11-29)33-22-15-30(16-22)18-8-12-32-13-9-18/h2-5,14,18,20,22H,6-13,15-16H2,1H3. The zero-order chi connectivity index (χ0) is 23.7. The van der Waals surface area contributed by atoms with Gasteiger partial charge in [0.1, 0.15) is 5.75 Å². The number of rotatable bonds is 6. The zero-order valence-corrected chi connectivity index (χ0v) is 19.3. The summed E-state index contributed by atoms with van der Waals surface area (Å²) in [5, 5.41) is 4.70. The molecule has 0 N–H and O–H groups in total. The van der Waals surface area contributed by atoms with Gasteiger partial charge in [-0.2, -0.15) is 5.10 Å². The molecule has 0 atom stereocenters. The third-order valence-electron chi connectivity index (χ3n) is 6.92. The third-order valence-corrected chi connectivity index (χ3v) is 6.92. The highest BCUT2D eigenvalue weighted by Crippen LogP contribution is 2.28. The number of halogens is 3. The van der Waals surface area contributed by atoms with Crippen LogP contribution in [0.3, 0.4) is 0 Å². The van der Waals surface area contributed by atoms with Gasteiger partial charge >= 0.3 is 6.36 Å². The molecule has 34 heavy (non-hydrogen) atoms. The number of likely N-dealkylation sites (tertiary alicyclic amines) is 1. The monoisotopic (exact) mass is 480 g/mol. The summed E-state index contributed by atoms with van der Waals surface area (Å²) in [6.07, 6.45) is 0.0969. The van der Waals surface area contributed by atoms with E-state index in [1.54, 1.807) is 16.8 Å². The van der Waals surface area contributed by atoms with Gasteiger partial charge in [0.15, 0.2) is 5.82 Å². The third kappa shape index (κ3) is 5.50. The van der Waals surface area contributed by atoms with E-state index in [1.807, 2.05) is 13.0 Å². The van der Waals surface area contributed by atoms with Crippen LogP contribution in [0.5, 0.6) is 5.75 Å². The van der Waals surface area contributed by atoms with Gasteiger partial charge in [-0.3, -0.25) is 4.90 Å². The Kier molecular flexibility index (Phi) is 6.72. The van der Waals surface area contributed by atoms with Crippen LogP contribution in [0, 0.1) is 6.92 Å². The van der Waals surface area contributed by atoms with Crippen LogP contribution in [0.2, 0.25) is 0 Å². The zero-order valence-electron chi connectivity index (χ0n) is 19.3. The first-order chi connectivity index (χ1) is 16.3. The number of hydrogen-bond acceptors (Lipinski definition) is 6. The first-order valence-electron chi connectivity index (χ1n) is 12.0. The molecule has 5 rings (SSSR count). The molecule has 4 heterocycles. The summed E-state index contributed by atoms with van der Waals surface area (Å²) in [4.78, 5) is 4.78. The molecule has 3 aliphatic rings. The summed E-state index contributed by atoms with van der Waals surface area (Å²) in [6, 6.07) is 8.42. The highest BCUT2D eigenvalue weighted by atomic mass is 19.4. The van der Waals surface area contributed by atoms with Gasteiger partial charge in [-0.1, -0.05) is 0 Å². The first kappa shape index (κ1) is 23.4. The number of hydrogen-bond donors (Lipinski definition) is 0. The maximum atomic E-state index is 12.4. The SMILES string of the molecule is Cc1cc(N2CCC(OC3CN(C4CCOCC4)C3)CC2)nn1-c1ccc(OC(F)(F)F)cc1. The molecule has 0 unspecified atom stereocenters. The highest BCUT2D eigenvalue weighted by molar-refractivity contribution is 5.45. The minimum Gasteiger partial charge on any atom is -0.406 e. The van der Waals surface area contributed by atoms with Crippen molar-refractivity contribution < 1.29 is 27.4 Å². The molecule has 10 heteroatoms. The van der Waals surface area contributed by atoms with Crippen molar-refractivity contribution in [2.24, 2.45) is 0 Å². The van der Waals surface area contributed by atoms with Crippen molar-refractivity contribution in [3.8, 4) is 11.4 Å². The molecule has 1 aromatic carbocycles. The van der Waals surface area contributed by atoms with E-state index in [9.17, 15) is 13.2 Å². The predicted molar refractivity (Wildman–Crippen MR) is 121 cm³/mol. The van der Waals surface area contributed by atoms with E-state index in [2.05, 4.69) is 14.5 Å². The number of aromatic nitrogens is 2. The highest BCUT2D eigenvalue weighted by Gasteiger charge is 2.36. The summed E-state index contributed by atoms with van der Waals surface area (Å²) in [7, 11) is 0. The van der Waals surface area contributed by atoms with Crippen molar-refractivity contribution in [2.45, 2.75) is 57.2 Å². The van der Waals surface area contributed by atoms with Gasteiger partial charge in [-0.25, -0.2) is 4.68 Å². The maximum Gasteiger partial charge on any atom is 0.573 e. The predicted octanol–water partition coefficient (Wildman–Crippen LogP) is 3.93. The van der Waals surface area contributed by atoms with Crippen LogP contribution in [0.15, 0.2) is 30.3 Å². The van der Waals surface area contributed by atoms with Crippen molar-refractivity contribution in [3.63, 3.8) is 0 Å². The van der Waals surface area contributed by atoms with Crippen LogP contribution in [0.1, 0.15) is 31.4 Å². The van der Waals surface area contributed by atoms with Crippen LogP contribution in [0.25, 0.3) is 5.69 Å². The number of ether oxygens (including phenoxy) is 3. The fourth-order valence-electron chi connectivity index (χ4n) is 5.06. The fourth-order valence-corrected chi connectivity index (χ4v) is 5.06. The second-order valence-corrected chi connectivity index (χ2v) is 9.34. The van der Waals surface area contributed by atoms with Crippen LogP contribution in [-0.2, 0) is 9.47 Å². The van der Waals surface area contributed by atoms with Gasteiger partial charge in [0.25, 0.3) is 0 Å². The van der Waals surface area contributed by atoms with Crippen molar-refractivity contribution in [1.82, 2.24) is 14.7 Å². The van der Waals surface area contributed by atoms with Gasteiger partial charge in [0, 0.05) is 57.2 Å². The van der Waals surface area contributed by atoms with Crippen molar-refractivity contribution in [1.29, 1.82) is 0 Å². The molecule has 3 fully saturated rings. The topological polar surface area (TPSA) is 52.0 Å². The molecular formula is C24H31F3N4O3. The Morgan fingerprint density at radius 1 is 0.971 bits per heavy atom. The molecule has 0 saturated carbocycles. The molecular weight excluding hydrogens is 449 g/mol. The molecule has 3 saturated heterocycles. The van der Waals surface area contributed by atoms with E-state index >= 15 is 0 Å². The van der Waals surface area contributed by atoms with E-state index in [0.717, 1.165) is 76.6 Å². The van der Waals surface area contributed by atoms with Crippen LogP contribution < -0.4 is 9.64 Å². The maximum absolute atomic E-state index is 12.4. The Labute approximate surface area is 197 Å². The van der Waals surface area contributed by atoms with E-state index in [0.29, 0.717) is 17.8 Å². The molecule has 0 aliphatic carbocycles. The average molecular weight is 481 g/mol. The van der Waals surface area contributed by atoms with Gasteiger partial charge in [0.2, 0.25) is 0 Å². The molecule has 186 valence electrons. The van der Waals surface area contributed by atoms with Crippen molar-refractivity contribution >= 4 is 5.82 Å². The Morgan fingerprint density at radius 3 is 2.29 bits per heavy atom. The summed E-state index contributed by atoms with van der Waals surface area (Å²) < 4.78 is 54.7. The Bertz CT molecular complexity index is 945. The Morgan fingerprint density at radius 2 is 1.65 bits per heavy atom. The largest absolute Gasteiger partial charge is 0.573 e. The number of benzene rings is 1. The van der Waals surface area contributed by atoms with Crippen molar-refractivity contribution in [3.05, 3.63) is 36.0 Å². The number of aryl methyl sites for hydroxylation is 1.